The van der Waals surface area contributed by atoms with Gasteiger partial charge in [-0.05, 0) is 49.4 Å². The topological polar surface area (TPSA) is 15.8 Å². The van der Waals surface area contributed by atoms with Crippen molar-refractivity contribution in [3.8, 4) is 0 Å². The number of benzene rings is 2. The highest BCUT2D eigenvalue weighted by atomic mass is 79.9. The maximum atomic E-state index is 5.92. The van der Waals surface area contributed by atoms with Crippen LogP contribution in [0.4, 0.5) is 0 Å². The van der Waals surface area contributed by atoms with Gasteiger partial charge in [0.1, 0.15) is 0 Å². The van der Waals surface area contributed by atoms with E-state index in [-0.39, 0.29) is 0 Å². The molecule has 3 aromatic rings. The quantitative estimate of drug-likeness (QED) is 0.594. The fraction of sp³-hybridized carbons (Fsp3) is 0.0667. The molecule has 0 atom stereocenters. The maximum absolute atomic E-state index is 5.92. The summed E-state index contributed by atoms with van der Waals surface area (Å²) < 4.78 is 1.09. The van der Waals surface area contributed by atoms with Gasteiger partial charge in [-0.3, -0.25) is 0 Å². The molecule has 3 rings (SSSR count). The Hall–Kier alpha value is -0.900. The van der Waals surface area contributed by atoms with Crippen molar-refractivity contribution in [2.45, 2.75) is 16.7 Å². The van der Waals surface area contributed by atoms with Gasteiger partial charge in [0.2, 0.25) is 0 Å². The van der Waals surface area contributed by atoms with E-state index in [2.05, 4.69) is 46.0 Å². The van der Waals surface area contributed by atoms with Gasteiger partial charge in [-0.2, -0.15) is 0 Å². The van der Waals surface area contributed by atoms with Crippen LogP contribution >= 0.6 is 39.3 Å². The highest BCUT2D eigenvalue weighted by Crippen LogP contribution is 2.37. The van der Waals surface area contributed by atoms with Gasteiger partial charge in [0.05, 0.1) is 0 Å². The van der Waals surface area contributed by atoms with Crippen molar-refractivity contribution in [2.24, 2.45) is 0 Å². The smallest absolute Gasteiger partial charge is 0.0468 e. The molecule has 4 heteroatoms. The number of nitrogens with one attached hydrogen (secondary N) is 1. The molecular weight excluding hydrogens is 342 g/mol. The first-order valence-electron chi connectivity index (χ1n) is 5.85. The van der Waals surface area contributed by atoms with Crippen molar-refractivity contribution < 1.29 is 0 Å². The first-order chi connectivity index (χ1) is 9.13. The van der Waals surface area contributed by atoms with E-state index in [1.807, 2.05) is 24.3 Å². The summed E-state index contributed by atoms with van der Waals surface area (Å²) in [5.41, 5.74) is 2.35. The third-order valence-electron chi connectivity index (χ3n) is 2.92. The van der Waals surface area contributed by atoms with E-state index in [1.165, 1.54) is 20.9 Å². The van der Waals surface area contributed by atoms with E-state index >= 15 is 0 Å². The van der Waals surface area contributed by atoms with Gasteiger partial charge < -0.3 is 4.98 Å². The second kappa shape index (κ2) is 5.23. The maximum Gasteiger partial charge on any atom is 0.0468 e. The molecular formula is C15H11BrClNS. The molecule has 1 N–H and O–H groups in total. The van der Waals surface area contributed by atoms with Crippen molar-refractivity contribution >= 4 is 50.2 Å². The van der Waals surface area contributed by atoms with Crippen LogP contribution in [0.1, 0.15) is 5.69 Å². The van der Waals surface area contributed by atoms with Gasteiger partial charge in [-0.15, -0.1) is 0 Å². The van der Waals surface area contributed by atoms with Crippen LogP contribution < -0.4 is 0 Å². The van der Waals surface area contributed by atoms with Crippen LogP contribution in [0.3, 0.4) is 0 Å². The van der Waals surface area contributed by atoms with Gasteiger partial charge in [-0.25, -0.2) is 0 Å². The minimum atomic E-state index is 0.766. The first kappa shape index (κ1) is 13.1. The molecule has 0 aliphatic heterocycles. The minimum Gasteiger partial charge on any atom is -0.358 e. The second-order valence-corrected chi connectivity index (χ2v) is 6.76. The average Bonchev–Trinajstić information content (AvgIpc) is 2.69. The standard InChI is InChI=1S/C15H11BrClNS/c1-9-15(19-12-5-3-11(17)4-6-12)13-8-10(16)2-7-14(13)18-9/h2-8,18H,1H3. The molecule has 0 saturated carbocycles. The molecule has 0 radical (unpaired) electrons. The van der Waals surface area contributed by atoms with E-state index < -0.39 is 0 Å². The zero-order chi connectivity index (χ0) is 13.4. The highest BCUT2D eigenvalue weighted by Gasteiger charge is 2.10. The van der Waals surface area contributed by atoms with Crippen molar-refractivity contribution in [3.05, 3.63) is 57.7 Å². The van der Waals surface area contributed by atoms with E-state index in [9.17, 15) is 0 Å². The minimum absolute atomic E-state index is 0.766. The summed E-state index contributed by atoms with van der Waals surface area (Å²) in [4.78, 5) is 5.87. The Morgan fingerprint density at radius 1 is 1.11 bits per heavy atom. The lowest BCUT2D eigenvalue weighted by molar-refractivity contribution is 1.23. The number of H-pyrrole nitrogens is 1. The van der Waals surface area contributed by atoms with Gasteiger partial charge >= 0.3 is 0 Å². The zero-order valence-electron chi connectivity index (χ0n) is 10.2. The second-order valence-electron chi connectivity index (χ2n) is 4.33. The highest BCUT2D eigenvalue weighted by molar-refractivity contribution is 9.10. The number of fused-ring (bicyclic) bond motifs is 1. The van der Waals surface area contributed by atoms with Crippen LogP contribution in [0.25, 0.3) is 10.9 Å². The number of aromatic nitrogens is 1. The largest absolute Gasteiger partial charge is 0.358 e. The normalized spacial score (nSPS) is 11.1. The Labute approximate surface area is 129 Å². The summed E-state index contributed by atoms with van der Waals surface area (Å²) in [6.45, 7) is 2.10. The van der Waals surface area contributed by atoms with Gasteiger partial charge in [0, 0.05) is 35.9 Å². The molecule has 96 valence electrons. The number of aromatic amines is 1. The Morgan fingerprint density at radius 3 is 2.58 bits per heavy atom. The van der Waals surface area contributed by atoms with Crippen molar-refractivity contribution in [2.75, 3.05) is 0 Å². The predicted molar refractivity (Wildman–Crippen MR) is 86.3 cm³/mol. The van der Waals surface area contributed by atoms with Crippen molar-refractivity contribution in [1.29, 1.82) is 0 Å². The number of hydrogen-bond acceptors (Lipinski definition) is 1. The number of halogens is 2. The van der Waals surface area contributed by atoms with Crippen molar-refractivity contribution in [1.82, 2.24) is 4.98 Å². The van der Waals surface area contributed by atoms with Gasteiger partial charge in [-0.1, -0.05) is 39.3 Å². The van der Waals surface area contributed by atoms with E-state index in [4.69, 9.17) is 11.6 Å². The van der Waals surface area contributed by atoms with Crippen LogP contribution in [-0.2, 0) is 0 Å². The van der Waals surface area contributed by atoms with Crippen LogP contribution in [0.5, 0.6) is 0 Å². The fourth-order valence-corrected chi connectivity index (χ4v) is 3.50. The zero-order valence-corrected chi connectivity index (χ0v) is 13.4. The van der Waals surface area contributed by atoms with Crippen LogP contribution in [0, 0.1) is 6.92 Å². The van der Waals surface area contributed by atoms with Crippen LogP contribution in [0.2, 0.25) is 5.02 Å². The third-order valence-corrected chi connectivity index (χ3v) is 4.91. The molecule has 0 spiro atoms. The molecule has 0 saturated heterocycles. The SMILES string of the molecule is Cc1[nH]c2ccc(Br)cc2c1Sc1ccc(Cl)cc1. The molecule has 0 fully saturated rings. The van der Waals surface area contributed by atoms with Crippen LogP contribution in [0.15, 0.2) is 56.7 Å². The molecule has 1 nitrogen and oxygen atoms in total. The molecule has 0 aliphatic rings. The number of aryl methyl sites for hydroxylation is 1. The summed E-state index contributed by atoms with van der Waals surface area (Å²) in [5.74, 6) is 0. The monoisotopic (exact) mass is 351 g/mol. The molecule has 1 heterocycles. The summed E-state index contributed by atoms with van der Waals surface area (Å²) in [6.07, 6.45) is 0. The third kappa shape index (κ3) is 2.69. The lowest BCUT2D eigenvalue weighted by Gasteiger charge is -2.02. The first-order valence-corrected chi connectivity index (χ1v) is 7.83. The average molecular weight is 353 g/mol. The lowest BCUT2D eigenvalue weighted by atomic mass is 10.2. The van der Waals surface area contributed by atoms with Gasteiger partial charge in [0.15, 0.2) is 0 Å². The summed E-state index contributed by atoms with van der Waals surface area (Å²) >= 11 is 11.2. The molecule has 19 heavy (non-hydrogen) atoms. The summed E-state index contributed by atoms with van der Waals surface area (Å²) in [7, 11) is 0. The Balaban J connectivity index is 2.06. The van der Waals surface area contributed by atoms with Gasteiger partial charge in [0.25, 0.3) is 0 Å². The molecule has 1 aromatic heterocycles. The molecule has 0 bridgehead atoms. The molecule has 2 aromatic carbocycles. The fourth-order valence-electron chi connectivity index (χ4n) is 2.03. The Morgan fingerprint density at radius 2 is 1.84 bits per heavy atom. The number of rotatable bonds is 2. The molecule has 0 unspecified atom stereocenters. The van der Waals surface area contributed by atoms with Crippen molar-refractivity contribution in [3.63, 3.8) is 0 Å². The number of hydrogen-bond donors (Lipinski definition) is 1. The predicted octanol–water partition coefficient (Wildman–Crippen LogP) is 6.04. The Bertz CT molecular complexity index is 734. The molecule has 0 aliphatic carbocycles. The van der Waals surface area contributed by atoms with E-state index in [0.29, 0.717) is 0 Å². The van der Waals surface area contributed by atoms with E-state index in [0.717, 1.165) is 15.0 Å². The summed E-state index contributed by atoms with van der Waals surface area (Å²) in [5, 5.41) is 2.01. The lowest BCUT2D eigenvalue weighted by Crippen LogP contribution is -1.76. The van der Waals surface area contributed by atoms with E-state index in [1.54, 1.807) is 11.8 Å². The Kier molecular flexibility index (Phi) is 3.61. The molecule has 0 amide bonds. The summed E-state index contributed by atoms with van der Waals surface area (Å²) in [6, 6.07) is 14.2. The van der Waals surface area contributed by atoms with Crippen LogP contribution in [-0.4, -0.2) is 4.98 Å².